The number of esters is 1. The molecule has 11 nitrogen and oxygen atoms in total. The molecule has 2 aromatic rings. The largest absolute Gasteiger partial charge is 0.497 e. The molecule has 36 heavy (non-hydrogen) atoms. The van der Waals surface area contributed by atoms with Crippen molar-refractivity contribution in [3.05, 3.63) is 36.4 Å². The van der Waals surface area contributed by atoms with Gasteiger partial charge in [-0.3, -0.25) is 9.59 Å². The van der Waals surface area contributed by atoms with Gasteiger partial charge in [0.2, 0.25) is 10.0 Å². The van der Waals surface area contributed by atoms with Crippen molar-refractivity contribution in [1.82, 2.24) is 4.72 Å². The van der Waals surface area contributed by atoms with E-state index in [-0.39, 0.29) is 17.9 Å². The predicted molar refractivity (Wildman–Crippen MR) is 130 cm³/mol. The number of fused-ring (bicyclic) bond motifs is 1. The van der Waals surface area contributed by atoms with E-state index in [2.05, 4.69) is 10.0 Å². The predicted octanol–water partition coefficient (Wildman–Crippen LogP) is 2.50. The smallest absolute Gasteiger partial charge is 0.306 e. The van der Waals surface area contributed by atoms with Crippen LogP contribution >= 0.6 is 0 Å². The molecule has 0 saturated heterocycles. The van der Waals surface area contributed by atoms with Crippen molar-refractivity contribution in [2.24, 2.45) is 0 Å². The lowest BCUT2D eigenvalue weighted by atomic mass is 10.2. The number of hydrogen-bond donors (Lipinski definition) is 2. The minimum atomic E-state index is -3.69. The number of nitrogens with one attached hydrogen (secondary N) is 2. The van der Waals surface area contributed by atoms with Gasteiger partial charge in [0.1, 0.15) is 24.7 Å². The van der Waals surface area contributed by atoms with Crippen LogP contribution in [0.3, 0.4) is 0 Å². The number of hydrogen-bond acceptors (Lipinski definition) is 9. The number of ether oxygens (including phenoxy) is 5. The fraction of sp³-hybridized carbons (Fsp3) is 0.417. The van der Waals surface area contributed by atoms with Gasteiger partial charge in [0.25, 0.3) is 5.91 Å². The second kappa shape index (κ2) is 13.0. The zero-order valence-electron chi connectivity index (χ0n) is 20.2. The molecule has 1 heterocycles. The van der Waals surface area contributed by atoms with E-state index in [1.165, 1.54) is 26.4 Å². The van der Waals surface area contributed by atoms with Gasteiger partial charge in [-0.15, -0.1) is 0 Å². The third-order valence-electron chi connectivity index (χ3n) is 5.22. The Morgan fingerprint density at radius 1 is 0.944 bits per heavy atom. The topological polar surface area (TPSA) is 138 Å². The molecule has 3 rings (SSSR count). The Labute approximate surface area is 210 Å². The number of amides is 1. The molecule has 1 aliphatic heterocycles. The summed E-state index contributed by atoms with van der Waals surface area (Å²) >= 11 is 0. The fourth-order valence-electron chi connectivity index (χ4n) is 3.36. The van der Waals surface area contributed by atoms with Crippen LogP contribution < -0.4 is 29.0 Å². The summed E-state index contributed by atoms with van der Waals surface area (Å²) in [7, 11) is -0.701. The third-order valence-corrected chi connectivity index (χ3v) is 6.68. The monoisotopic (exact) mass is 522 g/mol. The molecule has 2 N–H and O–H groups in total. The fourth-order valence-corrected chi connectivity index (χ4v) is 4.45. The van der Waals surface area contributed by atoms with E-state index >= 15 is 0 Å². The highest BCUT2D eigenvalue weighted by molar-refractivity contribution is 7.89. The molecule has 1 amide bonds. The summed E-state index contributed by atoms with van der Waals surface area (Å²) in [5, 5.41) is 2.62. The highest BCUT2D eigenvalue weighted by atomic mass is 32.2. The van der Waals surface area contributed by atoms with Crippen LogP contribution in [0.4, 0.5) is 5.69 Å². The number of anilines is 1. The number of rotatable bonds is 13. The molecule has 196 valence electrons. The minimum Gasteiger partial charge on any atom is -0.497 e. The first-order valence-electron chi connectivity index (χ1n) is 11.4. The third kappa shape index (κ3) is 7.75. The van der Waals surface area contributed by atoms with Crippen LogP contribution in [0.1, 0.15) is 25.7 Å². The van der Waals surface area contributed by atoms with Crippen molar-refractivity contribution in [3.63, 3.8) is 0 Å². The van der Waals surface area contributed by atoms with Gasteiger partial charge in [-0.05, 0) is 37.1 Å². The molecule has 0 aromatic heterocycles. The van der Waals surface area contributed by atoms with Gasteiger partial charge < -0.3 is 29.0 Å². The summed E-state index contributed by atoms with van der Waals surface area (Å²) in [5.41, 5.74) is 0.429. The van der Waals surface area contributed by atoms with Gasteiger partial charge in [0, 0.05) is 25.1 Å². The van der Waals surface area contributed by atoms with E-state index in [1.54, 1.807) is 24.3 Å². The number of benzene rings is 2. The Bertz CT molecular complexity index is 1170. The molecule has 0 spiro atoms. The molecule has 0 radical (unpaired) electrons. The standard InChI is InChI=1S/C24H30N2O9S/c1-31-17-7-9-19(21(14-17)32-2)26-23(27)16-35-24(28)6-4-3-5-11-25-36(29,30)18-8-10-20-22(15-18)34-13-12-33-20/h7-10,14-15,25H,3-6,11-13,16H2,1-2H3,(H,26,27). The molecule has 12 heteroatoms. The van der Waals surface area contributed by atoms with E-state index < -0.39 is 28.5 Å². The second-order valence-corrected chi connectivity index (χ2v) is 9.56. The first-order valence-corrected chi connectivity index (χ1v) is 12.9. The lowest BCUT2D eigenvalue weighted by molar-refractivity contribution is -0.147. The van der Waals surface area contributed by atoms with Gasteiger partial charge >= 0.3 is 5.97 Å². The van der Waals surface area contributed by atoms with E-state index in [4.69, 9.17) is 23.7 Å². The number of methoxy groups -OCH3 is 2. The van der Waals surface area contributed by atoms with Crippen molar-refractivity contribution in [3.8, 4) is 23.0 Å². The summed E-state index contributed by atoms with van der Waals surface area (Å²) in [6.45, 7) is 0.590. The van der Waals surface area contributed by atoms with Crippen LogP contribution in [0.15, 0.2) is 41.3 Å². The van der Waals surface area contributed by atoms with E-state index in [0.29, 0.717) is 61.2 Å². The molecular weight excluding hydrogens is 492 g/mol. The van der Waals surface area contributed by atoms with E-state index in [1.807, 2.05) is 0 Å². The van der Waals surface area contributed by atoms with Crippen LogP contribution in [0, 0.1) is 0 Å². The lowest BCUT2D eigenvalue weighted by Crippen LogP contribution is -2.25. The number of unbranched alkanes of at least 4 members (excludes halogenated alkanes) is 2. The first kappa shape index (κ1) is 27.1. The Morgan fingerprint density at radius 3 is 2.47 bits per heavy atom. The van der Waals surface area contributed by atoms with Crippen molar-refractivity contribution in [1.29, 1.82) is 0 Å². The van der Waals surface area contributed by atoms with Gasteiger partial charge in [-0.1, -0.05) is 6.42 Å². The van der Waals surface area contributed by atoms with Gasteiger partial charge in [0.15, 0.2) is 18.1 Å². The Morgan fingerprint density at radius 2 is 1.72 bits per heavy atom. The molecular formula is C24H30N2O9S. The minimum absolute atomic E-state index is 0.0980. The summed E-state index contributed by atoms with van der Waals surface area (Å²) in [6.07, 6.45) is 1.76. The summed E-state index contributed by atoms with van der Waals surface area (Å²) < 4.78 is 53.6. The molecule has 1 aliphatic rings. The highest BCUT2D eigenvalue weighted by Gasteiger charge is 2.19. The summed E-state index contributed by atoms with van der Waals surface area (Å²) in [6, 6.07) is 9.39. The zero-order chi connectivity index (χ0) is 26.0. The van der Waals surface area contributed by atoms with Crippen LogP contribution in [0.5, 0.6) is 23.0 Å². The SMILES string of the molecule is COc1ccc(NC(=O)COC(=O)CCCCCNS(=O)(=O)c2ccc3c(c2)OCCO3)c(OC)c1. The average molecular weight is 523 g/mol. The van der Waals surface area contributed by atoms with E-state index in [0.717, 1.165) is 0 Å². The van der Waals surface area contributed by atoms with Crippen LogP contribution in [-0.4, -0.2) is 60.9 Å². The molecule has 0 bridgehead atoms. The maximum atomic E-state index is 12.5. The molecule has 2 aromatic carbocycles. The van der Waals surface area contributed by atoms with Crippen molar-refractivity contribution >= 4 is 27.6 Å². The molecule has 0 fully saturated rings. The molecule has 0 saturated carbocycles. The van der Waals surface area contributed by atoms with E-state index in [9.17, 15) is 18.0 Å². The first-order chi connectivity index (χ1) is 17.3. The number of carbonyl (C=O) groups excluding carboxylic acids is 2. The van der Waals surface area contributed by atoms with Gasteiger partial charge in [-0.2, -0.15) is 0 Å². The van der Waals surface area contributed by atoms with Crippen LogP contribution in [-0.2, 0) is 24.3 Å². The van der Waals surface area contributed by atoms with Gasteiger partial charge in [0.05, 0.1) is 24.8 Å². The van der Waals surface area contributed by atoms with Gasteiger partial charge in [-0.25, -0.2) is 13.1 Å². The van der Waals surface area contributed by atoms with Crippen molar-refractivity contribution in [2.45, 2.75) is 30.6 Å². The van der Waals surface area contributed by atoms with Crippen molar-refractivity contribution in [2.75, 3.05) is 45.9 Å². The average Bonchev–Trinajstić information content (AvgIpc) is 2.89. The molecule has 0 atom stereocenters. The lowest BCUT2D eigenvalue weighted by Gasteiger charge is -2.18. The maximum absolute atomic E-state index is 12.5. The Balaban J connectivity index is 1.31. The van der Waals surface area contributed by atoms with Crippen LogP contribution in [0.25, 0.3) is 0 Å². The number of sulfonamides is 1. The highest BCUT2D eigenvalue weighted by Crippen LogP contribution is 2.32. The second-order valence-electron chi connectivity index (χ2n) is 7.79. The summed E-state index contributed by atoms with van der Waals surface area (Å²) in [4.78, 5) is 24.1. The normalized spacial score (nSPS) is 12.5. The summed E-state index contributed by atoms with van der Waals surface area (Å²) in [5.74, 6) is 0.902. The van der Waals surface area contributed by atoms with Crippen LogP contribution in [0.2, 0.25) is 0 Å². The molecule has 0 aliphatic carbocycles. The van der Waals surface area contributed by atoms with Crippen molar-refractivity contribution < 1.29 is 41.7 Å². The maximum Gasteiger partial charge on any atom is 0.306 e. The zero-order valence-corrected chi connectivity index (χ0v) is 21.0. The quantitative estimate of drug-likeness (QED) is 0.300. The Hall–Kier alpha value is -3.51. The molecule has 0 unspecified atom stereocenters. The number of carbonyl (C=O) groups is 2. The Kier molecular flexibility index (Phi) is 9.77.